The highest BCUT2D eigenvalue weighted by Crippen LogP contribution is 2.28. The quantitative estimate of drug-likeness (QED) is 0.376. The number of rotatable bonds is 7. The van der Waals surface area contributed by atoms with Gasteiger partial charge < -0.3 is 9.40 Å². The van der Waals surface area contributed by atoms with E-state index in [1.54, 1.807) is 42.5 Å². The number of fused-ring (bicyclic) bond motifs is 1. The average Bonchev–Trinajstić information content (AvgIpc) is 3.21. The zero-order chi connectivity index (χ0) is 22.9. The maximum absolute atomic E-state index is 13.0. The van der Waals surface area contributed by atoms with Crippen molar-refractivity contribution in [2.75, 3.05) is 4.72 Å². The molecule has 0 aliphatic rings. The Hall–Kier alpha value is -3.44. The minimum absolute atomic E-state index is 0.105. The van der Waals surface area contributed by atoms with Gasteiger partial charge in [0, 0.05) is 23.2 Å². The van der Waals surface area contributed by atoms with Gasteiger partial charge in [-0.25, -0.2) is 4.79 Å². The molecule has 9 nitrogen and oxygen atoms in total. The Morgan fingerprint density at radius 1 is 1.09 bits per heavy atom. The average molecular weight is 474 g/mol. The Bertz CT molecular complexity index is 1520. The van der Waals surface area contributed by atoms with E-state index >= 15 is 0 Å². The summed E-state index contributed by atoms with van der Waals surface area (Å²) >= 11 is 0. The highest BCUT2D eigenvalue weighted by atomic mass is 32.2. The molecule has 0 saturated heterocycles. The third-order valence-electron chi connectivity index (χ3n) is 4.79. The number of nitrogens with one attached hydrogen (secondary N) is 3. The molecule has 0 bridgehead atoms. The van der Waals surface area contributed by atoms with Crippen molar-refractivity contribution in [2.24, 2.45) is 0 Å². The summed E-state index contributed by atoms with van der Waals surface area (Å²) in [5.74, 6) is -0.211. The molecule has 0 aliphatic carbocycles. The summed E-state index contributed by atoms with van der Waals surface area (Å²) < 4.78 is 47.0. The topological polar surface area (TPSA) is 142 Å². The van der Waals surface area contributed by atoms with Crippen molar-refractivity contribution in [3.63, 3.8) is 0 Å². The van der Waals surface area contributed by atoms with Crippen LogP contribution >= 0.6 is 0 Å². The van der Waals surface area contributed by atoms with Crippen LogP contribution in [0.5, 0.6) is 0 Å². The first-order chi connectivity index (χ1) is 15.3. The van der Waals surface area contributed by atoms with Crippen LogP contribution in [0.2, 0.25) is 0 Å². The molecule has 11 heteroatoms. The molecule has 3 N–H and O–H groups in total. The van der Waals surface area contributed by atoms with Crippen molar-refractivity contribution in [2.45, 2.75) is 29.1 Å². The molecule has 2 aromatic heterocycles. The summed E-state index contributed by atoms with van der Waals surface area (Å²) in [4.78, 5) is 27.8. The van der Waals surface area contributed by atoms with Gasteiger partial charge in [-0.1, -0.05) is 31.2 Å². The van der Waals surface area contributed by atoms with Crippen LogP contribution in [0.25, 0.3) is 11.0 Å². The van der Waals surface area contributed by atoms with E-state index in [1.165, 1.54) is 12.3 Å². The van der Waals surface area contributed by atoms with Crippen LogP contribution in [-0.4, -0.2) is 22.6 Å². The molecule has 32 heavy (non-hydrogen) atoms. The molecular weight excluding hydrogens is 454 g/mol. The maximum Gasteiger partial charge on any atom is 0.325 e. The highest BCUT2D eigenvalue weighted by molar-refractivity contribution is 7.92. The lowest BCUT2D eigenvalue weighted by Gasteiger charge is -2.13. The fourth-order valence-electron chi connectivity index (χ4n) is 3.12. The molecule has 0 radical (unpaired) electrons. The second-order valence-electron chi connectivity index (χ2n) is 6.98. The fraction of sp³-hybridized carbons (Fsp3) is 0.143. The standard InChI is InChI=1S/C21H19N3O6S2/c1-2-13-7-8-18(31(27)12-15-11-22-21(26)23-20(15)25)16(9-13)24-32(28,29)19-10-14-5-3-4-6-17(14)30-19/h3-11,24H,2,12H2,1H3,(H2,22,23,25,26). The predicted molar refractivity (Wildman–Crippen MR) is 121 cm³/mol. The van der Waals surface area contributed by atoms with E-state index in [0.29, 0.717) is 17.4 Å². The Morgan fingerprint density at radius 3 is 2.59 bits per heavy atom. The lowest BCUT2D eigenvalue weighted by molar-refractivity contribution is 0.484. The second kappa shape index (κ2) is 8.60. The van der Waals surface area contributed by atoms with Gasteiger partial charge in [0.15, 0.2) is 0 Å². The number of para-hydroxylation sites is 1. The van der Waals surface area contributed by atoms with Crippen LogP contribution in [-0.2, 0) is 33.0 Å². The molecule has 166 valence electrons. The third kappa shape index (κ3) is 4.43. The molecule has 0 fully saturated rings. The van der Waals surface area contributed by atoms with Crippen molar-refractivity contribution in [3.8, 4) is 0 Å². The molecule has 1 unspecified atom stereocenters. The summed E-state index contributed by atoms with van der Waals surface area (Å²) in [5.41, 5.74) is 0.164. The molecule has 1 atom stereocenters. The molecule has 0 aliphatic heterocycles. The normalized spacial score (nSPS) is 12.7. The molecular formula is C21H19N3O6S2. The van der Waals surface area contributed by atoms with Crippen LogP contribution in [0.1, 0.15) is 18.1 Å². The van der Waals surface area contributed by atoms with Crippen LogP contribution in [0, 0.1) is 0 Å². The first-order valence-electron chi connectivity index (χ1n) is 9.60. The maximum atomic E-state index is 13.0. The van der Waals surface area contributed by atoms with Gasteiger partial charge in [0.05, 0.1) is 27.1 Å². The van der Waals surface area contributed by atoms with Crippen molar-refractivity contribution >= 4 is 37.5 Å². The Kier molecular flexibility index (Phi) is 5.85. The van der Waals surface area contributed by atoms with E-state index in [-0.39, 0.29) is 27.0 Å². The molecule has 0 saturated carbocycles. The number of hydrogen-bond acceptors (Lipinski definition) is 6. The Morgan fingerprint density at radius 2 is 1.88 bits per heavy atom. The first-order valence-corrected chi connectivity index (χ1v) is 12.4. The third-order valence-corrected chi connectivity index (χ3v) is 7.43. The van der Waals surface area contributed by atoms with Gasteiger partial charge >= 0.3 is 5.69 Å². The van der Waals surface area contributed by atoms with Crippen molar-refractivity contribution in [3.05, 3.63) is 86.7 Å². The highest BCUT2D eigenvalue weighted by Gasteiger charge is 2.23. The lowest BCUT2D eigenvalue weighted by Crippen LogP contribution is -2.25. The van der Waals surface area contributed by atoms with Gasteiger partial charge in [0.1, 0.15) is 5.58 Å². The summed E-state index contributed by atoms with van der Waals surface area (Å²) in [6.07, 6.45) is 1.82. The SMILES string of the molecule is CCc1ccc(S(=O)Cc2c[nH]c(=O)[nH]c2=O)c(NS(=O)(=O)c2cc3ccccc3o2)c1. The molecule has 0 amide bonds. The van der Waals surface area contributed by atoms with E-state index in [1.807, 2.05) is 6.92 Å². The summed E-state index contributed by atoms with van der Waals surface area (Å²) in [6.45, 7) is 1.91. The number of anilines is 1. The molecule has 4 rings (SSSR count). The minimum atomic E-state index is -4.11. The molecule has 4 aromatic rings. The van der Waals surface area contributed by atoms with Gasteiger partial charge in [0.2, 0.25) is 5.09 Å². The number of sulfonamides is 1. The zero-order valence-corrected chi connectivity index (χ0v) is 18.5. The second-order valence-corrected chi connectivity index (χ2v) is 10.0. The number of benzene rings is 2. The van der Waals surface area contributed by atoms with Crippen molar-refractivity contribution in [1.82, 2.24) is 9.97 Å². The zero-order valence-electron chi connectivity index (χ0n) is 16.9. The van der Waals surface area contributed by atoms with Crippen LogP contribution in [0.15, 0.2) is 78.7 Å². The number of aromatic nitrogens is 2. The monoisotopic (exact) mass is 473 g/mol. The van der Waals surface area contributed by atoms with E-state index in [2.05, 4.69) is 14.7 Å². The van der Waals surface area contributed by atoms with E-state index in [9.17, 15) is 22.2 Å². The lowest BCUT2D eigenvalue weighted by atomic mass is 10.1. The van der Waals surface area contributed by atoms with Crippen molar-refractivity contribution < 1.29 is 17.0 Å². The van der Waals surface area contributed by atoms with Gasteiger partial charge in [-0.15, -0.1) is 0 Å². The number of aryl methyl sites for hydroxylation is 1. The van der Waals surface area contributed by atoms with Gasteiger partial charge in [0.25, 0.3) is 15.6 Å². The Balaban J connectivity index is 1.70. The number of aromatic amines is 2. The molecule has 2 heterocycles. The predicted octanol–water partition coefficient (Wildman–Crippen LogP) is 2.48. The van der Waals surface area contributed by atoms with Crippen LogP contribution in [0.3, 0.4) is 0 Å². The minimum Gasteiger partial charge on any atom is -0.443 e. The first kappa shape index (κ1) is 21.8. The van der Waals surface area contributed by atoms with Crippen LogP contribution < -0.4 is 16.0 Å². The summed E-state index contributed by atoms with van der Waals surface area (Å²) in [5, 5.41) is 0.366. The Labute approximate surface area is 185 Å². The summed E-state index contributed by atoms with van der Waals surface area (Å²) in [6, 6.07) is 13.2. The van der Waals surface area contributed by atoms with Gasteiger partial charge in [-0.05, 0) is 30.2 Å². The number of furan rings is 1. The van der Waals surface area contributed by atoms with Crippen LogP contribution in [0.4, 0.5) is 5.69 Å². The largest absolute Gasteiger partial charge is 0.443 e. The van der Waals surface area contributed by atoms with Gasteiger partial charge in [-0.2, -0.15) is 8.42 Å². The number of hydrogen-bond donors (Lipinski definition) is 3. The number of H-pyrrole nitrogens is 2. The van der Waals surface area contributed by atoms with Crippen molar-refractivity contribution in [1.29, 1.82) is 0 Å². The van der Waals surface area contributed by atoms with E-state index in [4.69, 9.17) is 4.42 Å². The van der Waals surface area contributed by atoms with E-state index in [0.717, 1.165) is 5.56 Å². The fourth-order valence-corrected chi connectivity index (χ4v) is 5.46. The molecule has 2 aromatic carbocycles. The molecule has 0 spiro atoms. The summed E-state index contributed by atoms with van der Waals surface area (Å²) in [7, 11) is -5.89. The smallest absolute Gasteiger partial charge is 0.325 e. The van der Waals surface area contributed by atoms with Gasteiger partial charge in [-0.3, -0.25) is 18.7 Å². The van der Waals surface area contributed by atoms with E-state index < -0.39 is 32.1 Å².